The van der Waals surface area contributed by atoms with Crippen LogP contribution in [0.5, 0.6) is 5.75 Å². The number of rotatable bonds is 7. The predicted octanol–water partition coefficient (Wildman–Crippen LogP) is 4.26. The van der Waals surface area contributed by atoms with Gasteiger partial charge in [-0.3, -0.25) is 0 Å². The van der Waals surface area contributed by atoms with E-state index in [0.717, 1.165) is 48.7 Å². The standard InChI is InChI=1S/C21H28F3N5O/c1-14-26-19(12-20(27-14)29(2)3)28-17-9-7-16(8-10-17)25-13-15-5-4-6-18(11-15)30-21(22,23)24/h4-6,11-12,16-17,25H,7-10,13H2,1-3H3,(H,26,27,28)/t16-,17+. The van der Waals surface area contributed by atoms with Gasteiger partial charge < -0.3 is 20.3 Å². The first-order valence-electron chi connectivity index (χ1n) is 10.1. The van der Waals surface area contributed by atoms with E-state index in [9.17, 15) is 13.2 Å². The Morgan fingerprint density at radius 3 is 2.43 bits per heavy atom. The SMILES string of the molecule is Cc1nc(N[C@H]2CC[C@@H](NCc3cccc(OC(F)(F)F)c3)CC2)cc(N(C)C)n1. The van der Waals surface area contributed by atoms with Crippen molar-refractivity contribution in [3.63, 3.8) is 0 Å². The van der Waals surface area contributed by atoms with Crippen LogP contribution in [0.4, 0.5) is 24.8 Å². The van der Waals surface area contributed by atoms with Crippen LogP contribution in [0.1, 0.15) is 37.1 Å². The highest BCUT2D eigenvalue weighted by Crippen LogP contribution is 2.25. The molecular formula is C21H28F3N5O. The quantitative estimate of drug-likeness (QED) is 0.694. The van der Waals surface area contributed by atoms with Gasteiger partial charge in [0.05, 0.1) is 0 Å². The van der Waals surface area contributed by atoms with Crippen molar-refractivity contribution in [2.45, 2.75) is 57.6 Å². The van der Waals surface area contributed by atoms with Crippen LogP contribution in [-0.4, -0.2) is 42.5 Å². The highest BCUT2D eigenvalue weighted by molar-refractivity contribution is 5.49. The summed E-state index contributed by atoms with van der Waals surface area (Å²) in [6.45, 7) is 2.39. The summed E-state index contributed by atoms with van der Waals surface area (Å²) < 4.78 is 41.1. The molecule has 0 saturated heterocycles. The predicted molar refractivity (Wildman–Crippen MR) is 111 cm³/mol. The zero-order chi connectivity index (χ0) is 21.7. The van der Waals surface area contributed by atoms with Gasteiger partial charge in [0, 0.05) is 38.8 Å². The molecule has 0 amide bonds. The normalized spacial score (nSPS) is 19.4. The number of benzene rings is 1. The number of anilines is 2. The second-order valence-electron chi connectivity index (χ2n) is 7.82. The van der Waals surface area contributed by atoms with E-state index in [1.54, 1.807) is 12.1 Å². The number of hydrogen-bond acceptors (Lipinski definition) is 6. The molecule has 9 heteroatoms. The Balaban J connectivity index is 1.47. The maximum atomic E-state index is 12.4. The molecule has 1 aliphatic rings. The molecule has 0 atom stereocenters. The van der Waals surface area contributed by atoms with E-state index >= 15 is 0 Å². The molecule has 0 aliphatic heterocycles. The molecule has 1 aromatic carbocycles. The van der Waals surface area contributed by atoms with E-state index in [4.69, 9.17) is 0 Å². The smallest absolute Gasteiger partial charge is 0.406 e. The summed E-state index contributed by atoms with van der Waals surface area (Å²) in [6.07, 6.45) is -0.709. The summed E-state index contributed by atoms with van der Waals surface area (Å²) >= 11 is 0. The molecule has 1 aromatic heterocycles. The van der Waals surface area contributed by atoms with Gasteiger partial charge in [-0.05, 0) is 50.3 Å². The number of ether oxygens (including phenoxy) is 1. The maximum absolute atomic E-state index is 12.4. The van der Waals surface area contributed by atoms with Gasteiger partial charge >= 0.3 is 6.36 Å². The van der Waals surface area contributed by atoms with Crippen LogP contribution >= 0.6 is 0 Å². The van der Waals surface area contributed by atoms with Gasteiger partial charge in [0.2, 0.25) is 0 Å². The van der Waals surface area contributed by atoms with Gasteiger partial charge in [-0.1, -0.05) is 12.1 Å². The summed E-state index contributed by atoms with van der Waals surface area (Å²) in [5, 5.41) is 6.96. The first-order valence-corrected chi connectivity index (χ1v) is 10.1. The maximum Gasteiger partial charge on any atom is 0.573 e. The number of alkyl halides is 3. The van der Waals surface area contributed by atoms with Gasteiger partial charge in [0.15, 0.2) is 0 Å². The van der Waals surface area contributed by atoms with E-state index in [2.05, 4.69) is 25.3 Å². The lowest BCUT2D eigenvalue weighted by Gasteiger charge is -2.30. The van der Waals surface area contributed by atoms with Crippen LogP contribution in [0.25, 0.3) is 0 Å². The molecule has 2 N–H and O–H groups in total. The number of hydrogen-bond donors (Lipinski definition) is 2. The zero-order valence-corrected chi connectivity index (χ0v) is 17.5. The number of nitrogens with one attached hydrogen (secondary N) is 2. The summed E-state index contributed by atoms with van der Waals surface area (Å²) in [6, 6.07) is 8.73. The van der Waals surface area contributed by atoms with Gasteiger partial charge in [-0.25, -0.2) is 9.97 Å². The molecule has 0 bridgehead atoms. The summed E-state index contributed by atoms with van der Waals surface area (Å²) in [5.41, 5.74) is 0.768. The second kappa shape index (κ2) is 9.51. The van der Waals surface area contributed by atoms with E-state index in [1.807, 2.05) is 32.0 Å². The molecule has 0 unspecified atom stereocenters. The van der Waals surface area contributed by atoms with Crippen LogP contribution in [-0.2, 0) is 6.54 Å². The lowest BCUT2D eigenvalue weighted by atomic mass is 9.91. The van der Waals surface area contributed by atoms with Gasteiger partial charge in [0.25, 0.3) is 0 Å². The van der Waals surface area contributed by atoms with Crippen molar-refractivity contribution < 1.29 is 17.9 Å². The van der Waals surface area contributed by atoms with E-state index in [0.29, 0.717) is 18.6 Å². The third-order valence-electron chi connectivity index (χ3n) is 5.09. The van der Waals surface area contributed by atoms with Crippen LogP contribution in [0.2, 0.25) is 0 Å². The second-order valence-corrected chi connectivity index (χ2v) is 7.82. The largest absolute Gasteiger partial charge is 0.573 e. The molecule has 1 saturated carbocycles. The van der Waals surface area contributed by atoms with Gasteiger partial charge in [-0.2, -0.15) is 0 Å². The molecular weight excluding hydrogens is 395 g/mol. The summed E-state index contributed by atoms with van der Waals surface area (Å²) in [4.78, 5) is 10.8. The fourth-order valence-electron chi connectivity index (χ4n) is 3.62. The van der Waals surface area contributed by atoms with Crippen molar-refractivity contribution >= 4 is 11.6 Å². The molecule has 2 aromatic rings. The van der Waals surface area contributed by atoms with Crippen molar-refractivity contribution in [2.24, 2.45) is 0 Å². The minimum atomic E-state index is -4.67. The average Bonchev–Trinajstić information content (AvgIpc) is 2.66. The van der Waals surface area contributed by atoms with Crippen molar-refractivity contribution in [3.8, 4) is 5.75 Å². The lowest BCUT2D eigenvalue weighted by molar-refractivity contribution is -0.274. The molecule has 30 heavy (non-hydrogen) atoms. The Labute approximate surface area is 174 Å². The Bertz CT molecular complexity index is 836. The molecule has 6 nitrogen and oxygen atoms in total. The van der Waals surface area contributed by atoms with E-state index < -0.39 is 6.36 Å². The Morgan fingerprint density at radius 1 is 1.07 bits per heavy atom. The molecule has 0 radical (unpaired) electrons. The zero-order valence-electron chi connectivity index (χ0n) is 17.5. The molecule has 1 heterocycles. The summed E-state index contributed by atoms with van der Waals surface area (Å²) in [7, 11) is 3.90. The minimum Gasteiger partial charge on any atom is -0.406 e. The number of halogens is 3. The van der Waals surface area contributed by atoms with Gasteiger partial charge in [0.1, 0.15) is 23.2 Å². The summed E-state index contributed by atoms with van der Waals surface area (Å²) in [5.74, 6) is 2.25. The monoisotopic (exact) mass is 423 g/mol. The van der Waals surface area contributed by atoms with Crippen LogP contribution in [0.15, 0.2) is 30.3 Å². The highest BCUT2D eigenvalue weighted by Gasteiger charge is 2.31. The number of nitrogens with zero attached hydrogens (tertiary/aromatic N) is 3. The van der Waals surface area contributed by atoms with Crippen molar-refractivity contribution in [3.05, 3.63) is 41.7 Å². The van der Waals surface area contributed by atoms with Crippen LogP contribution in [0.3, 0.4) is 0 Å². The average molecular weight is 423 g/mol. The molecule has 164 valence electrons. The van der Waals surface area contributed by atoms with Crippen molar-refractivity contribution in [1.29, 1.82) is 0 Å². The number of aryl methyl sites for hydroxylation is 1. The molecule has 3 rings (SSSR count). The number of aromatic nitrogens is 2. The van der Waals surface area contributed by atoms with Gasteiger partial charge in [-0.15, -0.1) is 13.2 Å². The topological polar surface area (TPSA) is 62.3 Å². The van der Waals surface area contributed by atoms with Crippen molar-refractivity contribution in [1.82, 2.24) is 15.3 Å². The fraction of sp³-hybridized carbons (Fsp3) is 0.524. The third kappa shape index (κ3) is 6.76. The fourth-order valence-corrected chi connectivity index (χ4v) is 3.62. The van der Waals surface area contributed by atoms with E-state index in [1.165, 1.54) is 12.1 Å². The Morgan fingerprint density at radius 2 is 1.77 bits per heavy atom. The molecule has 1 aliphatic carbocycles. The lowest BCUT2D eigenvalue weighted by Crippen LogP contribution is -2.36. The van der Waals surface area contributed by atoms with Crippen LogP contribution < -0.4 is 20.3 Å². The molecule has 0 spiro atoms. The Kier molecular flexibility index (Phi) is 7.02. The minimum absolute atomic E-state index is 0.188. The third-order valence-corrected chi connectivity index (χ3v) is 5.09. The van der Waals surface area contributed by atoms with Crippen molar-refractivity contribution in [2.75, 3.05) is 24.3 Å². The van der Waals surface area contributed by atoms with Crippen LogP contribution in [0, 0.1) is 6.92 Å². The first-order chi connectivity index (χ1) is 14.2. The molecule has 1 fully saturated rings. The Hall–Kier alpha value is -2.55. The first kappa shape index (κ1) is 22.1. The van der Waals surface area contributed by atoms with E-state index in [-0.39, 0.29) is 5.75 Å². The highest BCUT2D eigenvalue weighted by atomic mass is 19.4.